The van der Waals surface area contributed by atoms with Gasteiger partial charge in [0.25, 0.3) is 5.56 Å². The van der Waals surface area contributed by atoms with Crippen molar-refractivity contribution in [2.45, 2.75) is 18.0 Å². The molecule has 0 bridgehead atoms. The minimum Gasteiger partial charge on any atom is -0.497 e. The number of pyridine rings is 1. The van der Waals surface area contributed by atoms with E-state index < -0.39 is 10.0 Å². The molecule has 2 aromatic carbocycles. The van der Waals surface area contributed by atoms with Crippen molar-refractivity contribution in [2.75, 3.05) is 7.11 Å². The zero-order chi connectivity index (χ0) is 22.0. The molecule has 160 valence electrons. The molecule has 2 heterocycles. The Balaban J connectivity index is 1.77. The van der Waals surface area contributed by atoms with E-state index in [4.69, 9.17) is 20.8 Å². The Kier molecular flexibility index (Phi) is 5.86. The molecule has 9 heteroatoms. The summed E-state index contributed by atoms with van der Waals surface area (Å²) >= 11 is 6.17. The Morgan fingerprint density at radius 1 is 1.06 bits per heavy atom. The smallest absolute Gasteiger partial charge is 0.252 e. The van der Waals surface area contributed by atoms with Crippen molar-refractivity contribution < 1.29 is 17.6 Å². The average Bonchev–Trinajstić information content (AvgIpc) is 3.26. The van der Waals surface area contributed by atoms with Gasteiger partial charge in [-0.05, 0) is 47.9 Å². The van der Waals surface area contributed by atoms with Gasteiger partial charge in [-0.2, -0.15) is 4.31 Å². The molecule has 31 heavy (non-hydrogen) atoms. The number of sulfonamides is 1. The lowest BCUT2D eigenvalue weighted by Gasteiger charge is -2.22. The van der Waals surface area contributed by atoms with Gasteiger partial charge < -0.3 is 14.1 Å². The molecule has 4 aromatic rings. The van der Waals surface area contributed by atoms with Crippen LogP contribution in [0.4, 0.5) is 0 Å². The Morgan fingerprint density at radius 3 is 2.58 bits per heavy atom. The number of hydrogen-bond donors (Lipinski definition) is 1. The number of aromatic nitrogens is 1. The summed E-state index contributed by atoms with van der Waals surface area (Å²) < 4.78 is 38.5. The fraction of sp³-hybridized carbons (Fsp3) is 0.136. The van der Waals surface area contributed by atoms with E-state index in [9.17, 15) is 13.2 Å². The zero-order valence-corrected chi connectivity index (χ0v) is 18.1. The molecule has 7 nitrogen and oxygen atoms in total. The number of rotatable bonds is 7. The number of ether oxygens (including phenoxy) is 1. The molecule has 0 radical (unpaired) electrons. The number of H-pyrrole nitrogens is 1. The molecule has 0 aliphatic heterocycles. The van der Waals surface area contributed by atoms with Gasteiger partial charge >= 0.3 is 0 Å². The number of nitrogens with zero attached hydrogens (tertiary/aromatic N) is 1. The van der Waals surface area contributed by atoms with Gasteiger partial charge in [-0.15, -0.1) is 0 Å². The van der Waals surface area contributed by atoms with Gasteiger partial charge in [0.05, 0.1) is 30.5 Å². The normalized spacial score (nSPS) is 11.8. The summed E-state index contributed by atoms with van der Waals surface area (Å²) in [5, 5.41) is 0.856. The summed E-state index contributed by atoms with van der Waals surface area (Å²) in [5.74, 6) is 1.05. The van der Waals surface area contributed by atoms with Gasteiger partial charge in [0, 0.05) is 18.2 Å². The zero-order valence-electron chi connectivity index (χ0n) is 16.5. The first-order chi connectivity index (χ1) is 14.9. The van der Waals surface area contributed by atoms with Gasteiger partial charge in [-0.1, -0.05) is 23.7 Å². The van der Waals surface area contributed by atoms with Crippen molar-refractivity contribution >= 4 is 32.5 Å². The van der Waals surface area contributed by atoms with Gasteiger partial charge in [0.1, 0.15) is 16.4 Å². The second-order valence-corrected chi connectivity index (χ2v) is 9.17. The molecule has 0 unspecified atom stereocenters. The largest absolute Gasteiger partial charge is 0.497 e. The minimum absolute atomic E-state index is 0.0369. The van der Waals surface area contributed by atoms with Crippen molar-refractivity contribution in [3.8, 4) is 5.75 Å². The van der Waals surface area contributed by atoms with Crippen LogP contribution in [0.15, 0.2) is 81.0 Å². The van der Waals surface area contributed by atoms with Crippen molar-refractivity contribution in [1.29, 1.82) is 0 Å². The third-order valence-corrected chi connectivity index (χ3v) is 7.13. The van der Waals surface area contributed by atoms with E-state index in [2.05, 4.69) is 4.98 Å². The molecule has 0 saturated heterocycles. The quantitative estimate of drug-likeness (QED) is 0.448. The molecule has 2 aromatic heterocycles. The predicted octanol–water partition coefficient (Wildman–Crippen LogP) is 4.17. The highest BCUT2D eigenvalue weighted by atomic mass is 35.5. The van der Waals surface area contributed by atoms with Crippen molar-refractivity contribution in [3.63, 3.8) is 0 Å². The number of furan rings is 1. The number of nitrogens with one attached hydrogen (secondary N) is 1. The number of benzene rings is 2. The van der Waals surface area contributed by atoms with E-state index in [1.807, 2.05) is 0 Å². The van der Waals surface area contributed by atoms with Crippen LogP contribution in [0.1, 0.15) is 11.3 Å². The molecule has 0 aliphatic carbocycles. The van der Waals surface area contributed by atoms with Gasteiger partial charge in [-0.25, -0.2) is 8.42 Å². The van der Waals surface area contributed by atoms with E-state index in [1.54, 1.807) is 55.6 Å². The van der Waals surface area contributed by atoms with Crippen molar-refractivity contribution in [3.05, 3.63) is 93.6 Å². The van der Waals surface area contributed by atoms with Crippen LogP contribution < -0.4 is 10.3 Å². The topological polar surface area (TPSA) is 92.6 Å². The van der Waals surface area contributed by atoms with Crippen LogP contribution >= 0.6 is 11.6 Å². The lowest BCUT2D eigenvalue weighted by atomic mass is 10.1. The average molecular weight is 459 g/mol. The van der Waals surface area contributed by atoms with E-state index in [0.29, 0.717) is 22.6 Å². The number of methoxy groups -OCH3 is 1. The van der Waals surface area contributed by atoms with Crippen molar-refractivity contribution in [1.82, 2.24) is 9.29 Å². The Morgan fingerprint density at radius 2 is 1.87 bits per heavy atom. The molecule has 4 rings (SSSR count). The molecule has 0 fully saturated rings. The first-order valence-electron chi connectivity index (χ1n) is 9.35. The van der Waals surface area contributed by atoms with Crippen LogP contribution in [-0.2, 0) is 23.1 Å². The number of aromatic amines is 1. The maximum atomic E-state index is 13.4. The highest BCUT2D eigenvalue weighted by Crippen LogP contribution is 2.27. The molecule has 0 atom stereocenters. The van der Waals surface area contributed by atoms with Crippen molar-refractivity contribution in [2.24, 2.45) is 0 Å². The third-order valence-electron chi connectivity index (χ3n) is 4.84. The Labute approximate surface area is 183 Å². The Bertz CT molecular complexity index is 1380. The lowest BCUT2D eigenvalue weighted by Crippen LogP contribution is -2.32. The molecule has 1 N–H and O–H groups in total. The second kappa shape index (κ2) is 8.58. The maximum Gasteiger partial charge on any atom is 0.252 e. The van der Waals surface area contributed by atoms with Crippen LogP contribution in [0.3, 0.4) is 0 Å². The van der Waals surface area contributed by atoms with E-state index >= 15 is 0 Å². The van der Waals surface area contributed by atoms with Crippen LogP contribution in [0.25, 0.3) is 10.9 Å². The van der Waals surface area contributed by atoms with Crippen LogP contribution in [-0.4, -0.2) is 24.8 Å². The fourth-order valence-electron chi connectivity index (χ4n) is 3.26. The Hall–Kier alpha value is -3.07. The highest BCUT2D eigenvalue weighted by Gasteiger charge is 2.28. The fourth-order valence-corrected chi connectivity index (χ4v) is 5.13. The number of hydrogen-bond acceptors (Lipinski definition) is 5. The van der Waals surface area contributed by atoms with Gasteiger partial charge in [0.2, 0.25) is 10.0 Å². The summed E-state index contributed by atoms with van der Waals surface area (Å²) in [6.45, 7) is -0.216. The van der Waals surface area contributed by atoms with E-state index in [-0.39, 0.29) is 28.6 Å². The monoisotopic (exact) mass is 458 g/mol. The highest BCUT2D eigenvalue weighted by molar-refractivity contribution is 7.89. The standard InChI is InChI=1S/C22H19ClN2O5S/c1-29-17-9-8-15-11-16(22(26)24-20(15)12-17)13-25(14-18-5-4-10-30-18)31(27,28)21-7-3-2-6-19(21)23/h2-12H,13-14H2,1H3,(H,24,26). The minimum atomic E-state index is -4.02. The van der Waals surface area contributed by atoms with E-state index in [1.165, 1.54) is 22.7 Å². The molecule has 0 saturated carbocycles. The third kappa shape index (κ3) is 4.36. The molecular formula is C22H19ClN2O5S. The lowest BCUT2D eigenvalue weighted by molar-refractivity contribution is 0.357. The summed E-state index contributed by atoms with van der Waals surface area (Å²) in [7, 11) is -2.48. The van der Waals surface area contributed by atoms with Crippen LogP contribution in [0, 0.1) is 0 Å². The van der Waals surface area contributed by atoms with Crippen LogP contribution in [0.5, 0.6) is 5.75 Å². The maximum absolute atomic E-state index is 13.4. The summed E-state index contributed by atoms with van der Waals surface area (Å²) in [4.78, 5) is 15.5. The predicted molar refractivity (Wildman–Crippen MR) is 118 cm³/mol. The molecule has 0 spiro atoms. The number of halogens is 1. The second-order valence-electron chi connectivity index (χ2n) is 6.86. The molecular weight excluding hydrogens is 440 g/mol. The first kappa shape index (κ1) is 21.2. The molecule has 0 aliphatic rings. The summed E-state index contributed by atoms with van der Waals surface area (Å²) in [5.41, 5.74) is 0.499. The number of fused-ring (bicyclic) bond motifs is 1. The van der Waals surface area contributed by atoms with Gasteiger partial charge in [-0.3, -0.25) is 4.79 Å². The molecule has 0 amide bonds. The first-order valence-corrected chi connectivity index (χ1v) is 11.2. The van der Waals surface area contributed by atoms with E-state index in [0.717, 1.165) is 5.39 Å². The summed E-state index contributed by atoms with van der Waals surface area (Å²) in [6.07, 6.45) is 1.46. The SMILES string of the molecule is COc1ccc2cc(CN(Cc3ccco3)S(=O)(=O)c3ccccc3Cl)c(=O)[nH]c2c1. The van der Waals surface area contributed by atoms with Crippen LogP contribution in [0.2, 0.25) is 5.02 Å². The summed E-state index contributed by atoms with van der Waals surface area (Å²) in [6, 6.07) is 16.5. The van der Waals surface area contributed by atoms with Gasteiger partial charge in [0.15, 0.2) is 0 Å².